The monoisotopic (exact) mass is 313 g/mol. The fourth-order valence-corrected chi connectivity index (χ4v) is 2.81. The maximum absolute atomic E-state index is 9.12. The average molecular weight is 314 g/mol. The van der Waals surface area contributed by atoms with Gasteiger partial charge in [-0.2, -0.15) is 5.26 Å². The zero-order valence-electron chi connectivity index (χ0n) is 12.1. The Morgan fingerprint density at radius 1 is 1.23 bits per heavy atom. The van der Waals surface area contributed by atoms with Crippen LogP contribution in [-0.2, 0) is 4.74 Å². The normalized spacial score (nSPS) is 15.3. The van der Waals surface area contributed by atoms with E-state index in [1.54, 1.807) is 6.07 Å². The van der Waals surface area contributed by atoms with Crippen LogP contribution in [0, 0.1) is 11.3 Å². The van der Waals surface area contributed by atoms with Crippen LogP contribution in [0.15, 0.2) is 36.5 Å². The minimum atomic E-state index is 0.361. The number of pyridine rings is 1. The second-order valence-electron chi connectivity index (χ2n) is 5.30. The van der Waals surface area contributed by atoms with Gasteiger partial charge in [0.15, 0.2) is 0 Å². The third-order valence-corrected chi connectivity index (χ3v) is 4.08. The van der Waals surface area contributed by atoms with Gasteiger partial charge < -0.3 is 10.1 Å². The van der Waals surface area contributed by atoms with Crippen molar-refractivity contribution in [1.82, 2.24) is 4.98 Å². The van der Waals surface area contributed by atoms with E-state index in [0.29, 0.717) is 22.3 Å². The van der Waals surface area contributed by atoms with Gasteiger partial charge in [-0.3, -0.25) is 0 Å². The molecule has 0 radical (unpaired) electrons. The number of nitrogens with zero attached hydrogens (tertiary/aromatic N) is 2. The van der Waals surface area contributed by atoms with E-state index in [1.165, 1.54) is 11.8 Å². The number of aromatic nitrogens is 1. The SMILES string of the molecule is N#Cc1cnc(Cl)cc1Nc1ccc(C2CCOCC2)cc1. The molecule has 0 bridgehead atoms. The molecule has 4 nitrogen and oxygen atoms in total. The lowest BCUT2D eigenvalue weighted by Crippen LogP contribution is -2.13. The summed E-state index contributed by atoms with van der Waals surface area (Å²) in [4.78, 5) is 3.92. The fraction of sp³-hybridized carbons (Fsp3) is 0.294. The molecule has 0 spiro atoms. The van der Waals surface area contributed by atoms with Crippen molar-refractivity contribution in [2.45, 2.75) is 18.8 Å². The summed E-state index contributed by atoms with van der Waals surface area (Å²) in [5, 5.41) is 12.7. The number of hydrogen-bond acceptors (Lipinski definition) is 4. The van der Waals surface area contributed by atoms with Gasteiger partial charge in [0.25, 0.3) is 0 Å². The Morgan fingerprint density at radius 3 is 2.64 bits per heavy atom. The molecule has 0 atom stereocenters. The molecule has 0 unspecified atom stereocenters. The lowest BCUT2D eigenvalue weighted by molar-refractivity contribution is 0.0853. The van der Waals surface area contributed by atoms with Crippen molar-refractivity contribution < 1.29 is 4.74 Å². The van der Waals surface area contributed by atoms with Crippen molar-refractivity contribution in [1.29, 1.82) is 5.26 Å². The summed E-state index contributed by atoms with van der Waals surface area (Å²) < 4.78 is 5.40. The van der Waals surface area contributed by atoms with Crippen molar-refractivity contribution in [2.24, 2.45) is 0 Å². The van der Waals surface area contributed by atoms with Crippen LogP contribution >= 0.6 is 11.6 Å². The van der Waals surface area contributed by atoms with E-state index >= 15 is 0 Å². The molecule has 112 valence electrons. The minimum absolute atomic E-state index is 0.361. The number of halogens is 1. The van der Waals surface area contributed by atoms with Crippen LogP contribution in [0.2, 0.25) is 5.15 Å². The highest BCUT2D eigenvalue weighted by atomic mass is 35.5. The van der Waals surface area contributed by atoms with E-state index in [9.17, 15) is 0 Å². The summed E-state index contributed by atoms with van der Waals surface area (Å²) in [6, 6.07) is 12.1. The first-order chi connectivity index (χ1) is 10.8. The number of anilines is 2. The summed E-state index contributed by atoms with van der Waals surface area (Å²) in [7, 11) is 0. The predicted molar refractivity (Wildman–Crippen MR) is 86.5 cm³/mol. The van der Waals surface area contributed by atoms with E-state index in [2.05, 4.69) is 28.5 Å². The van der Waals surface area contributed by atoms with E-state index in [-0.39, 0.29) is 0 Å². The van der Waals surface area contributed by atoms with Gasteiger partial charge in [-0.15, -0.1) is 0 Å². The molecule has 1 fully saturated rings. The number of benzene rings is 1. The highest BCUT2D eigenvalue weighted by Gasteiger charge is 2.15. The third kappa shape index (κ3) is 3.38. The van der Waals surface area contributed by atoms with E-state index in [1.807, 2.05) is 12.1 Å². The van der Waals surface area contributed by atoms with Crippen LogP contribution in [0.3, 0.4) is 0 Å². The molecule has 3 rings (SSSR count). The highest BCUT2D eigenvalue weighted by molar-refractivity contribution is 6.29. The second-order valence-corrected chi connectivity index (χ2v) is 5.69. The Kier molecular flexibility index (Phi) is 4.57. The minimum Gasteiger partial charge on any atom is -0.381 e. The van der Waals surface area contributed by atoms with Gasteiger partial charge in [-0.1, -0.05) is 23.7 Å². The first-order valence-electron chi connectivity index (χ1n) is 7.26. The largest absolute Gasteiger partial charge is 0.381 e. The first kappa shape index (κ1) is 14.8. The van der Waals surface area contributed by atoms with Gasteiger partial charge in [0.2, 0.25) is 0 Å². The van der Waals surface area contributed by atoms with E-state index in [4.69, 9.17) is 21.6 Å². The number of ether oxygens (including phenoxy) is 1. The maximum Gasteiger partial charge on any atom is 0.131 e. The van der Waals surface area contributed by atoms with Crippen LogP contribution in [0.4, 0.5) is 11.4 Å². The molecule has 1 saturated heterocycles. The lowest BCUT2D eigenvalue weighted by Gasteiger charge is -2.22. The third-order valence-electron chi connectivity index (χ3n) is 3.87. The van der Waals surface area contributed by atoms with Crippen molar-refractivity contribution in [3.8, 4) is 6.07 Å². The van der Waals surface area contributed by atoms with Crippen molar-refractivity contribution >= 4 is 23.0 Å². The van der Waals surface area contributed by atoms with Gasteiger partial charge >= 0.3 is 0 Å². The van der Waals surface area contributed by atoms with E-state index in [0.717, 1.165) is 31.7 Å². The summed E-state index contributed by atoms with van der Waals surface area (Å²) >= 11 is 5.89. The number of nitrogens with one attached hydrogen (secondary N) is 1. The number of hydrogen-bond donors (Lipinski definition) is 1. The molecule has 1 aromatic carbocycles. The summed E-state index contributed by atoms with van der Waals surface area (Å²) in [5.41, 5.74) is 3.40. The van der Waals surface area contributed by atoms with Gasteiger partial charge in [-0.05, 0) is 36.5 Å². The topological polar surface area (TPSA) is 57.9 Å². The van der Waals surface area contributed by atoms with Crippen LogP contribution in [0.25, 0.3) is 0 Å². The predicted octanol–water partition coefficient (Wildman–Crippen LogP) is 4.24. The molecule has 1 aromatic heterocycles. The zero-order chi connectivity index (χ0) is 15.4. The molecular formula is C17H16ClN3O. The lowest BCUT2D eigenvalue weighted by atomic mass is 9.92. The number of rotatable bonds is 3. The molecule has 1 aliphatic rings. The molecule has 5 heteroatoms. The average Bonchev–Trinajstić information content (AvgIpc) is 2.57. The van der Waals surface area contributed by atoms with Gasteiger partial charge in [0.05, 0.1) is 11.3 Å². The Morgan fingerprint density at radius 2 is 1.95 bits per heavy atom. The van der Waals surface area contributed by atoms with Crippen molar-refractivity contribution in [2.75, 3.05) is 18.5 Å². The molecule has 1 aliphatic heterocycles. The molecule has 2 aromatic rings. The smallest absolute Gasteiger partial charge is 0.131 e. The number of nitriles is 1. The highest BCUT2D eigenvalue weighted by Crippen LogP contribution is 2.29. The second kappa shape index (κ2) is 6.78. The quantitative estimate of drug-likeness (QED) is 0.861. The van der Waals surface area contributed by atoms with Gasteiger partial charge in [-0.25, -0.2) is 4.98 Å². The maximum atomic E-state index is 9.12. The van der Waals surface area contributed by atoms with Crippen LogP contribution in [0.1, 0.15) is 29.9 Å². The summed E-state index contributed by atoms with van der Waals surface area (Å²) in [6.07, 6.45) is 3.62. The Hall–Kier alpha value is -2.09. The molecular weight excluding hydrogens is 298 g/mol. The molecule has 0 aliphatic carbocycles. The zero-order valence-corrected chi connectivity index (χ0v) is 12.8. The first-order valence-corrected chi connectivity index (χ1v) is 7.64. The molecule has 0 amide bonds. The van der Waals surface area contributed by atoms with Crippen LogP contribution in [-0.4, -0.2) is 18.2 Å². The summed E-state index contributed by atoms with van der Waals surface area (Å²) in [6.45, 7) is 1.68. The Labute approximate surface area is 134 Å². The molecule has 22 heavy (non-hydrogen) atoms. The standard InChI is InChI=1S/C17H16ClN3O/c18-17-9-16(14(10-19)11-20-17)21-15-3-1-12(2-4-15)13-5-7-22-8-6-13/h1-4,9,11,13H,5-8H2,(H,20,21). The van der Waals surface area contributed by atoms with Crippen molar-refractivity contribution in [3.05, 3.63) is 52.8 Å². The van der Waals surface area contributed by atoms with Crippen LogP contribution in [0.5, 0.6) is 0 Å². The Bertz CT molecular complexity index is 688. The Balaban J connectivity index is 1.76. The molecule has 2 heterocycles. The summed E-state index contributed by atoms with van der Waals surface area (Å²) in [5.74, 6) is 0.577. The molecule has 1 N–H and O–H groups in total. The van der Waals surface area contributed by atoms with Gasteiger partial charge in [0.1, 0.15) is 11.2 Å². The van der Waals surface area contributed by atoms with E-state index < -0.39 is 0 Å². The fourth-order valence-electron chi connectivity index (χ4n) is 2.65. The molecule has 0 saturated carbocycles. The van der Waals surface area contributed by atoms with Gasteiger partial charge in [0, 0.05) is 31.2 Å². The van der Waals surface area contributed by atoms with Crippen LogP contribution < -0.4 is 5.32 Å². The van der Waals surface area contributed by atoms with Crippen molar-refractivity contribution in [3.63, 3.8) is 0 Å².